The predicted molar refractivity (Wildman–Crippen MR) is 82.2 cm³/mol. The third kappa shape index (κ3) is 3.32. The van der Waals surface area contributed by atoms with Gasteiger partial charge in [-0.1, -0.05) is 0 Å². The molecule has 1 saturated carbocycles. The molecule has 3 rings (SSSR count). The molecule has 1 N–H and O–H groups in total. The number of hydrogen-bond acceptors (Lipinski definition) is 4. The average Bonchev–Trinajstić information content (AvgIpc) is 3.25. The first-order chi connectivity index (χ1) is 9.54. The Bertz CT molecular complexity index is 564. The third-order valence-corrected chi connectivity index (χ3v) is 6.30. The van der Waals surface area contributed by atoms with Crippen LogP contribution in [0.2, 0.25) is 0 Å². The molecule has 0 aromatic carbocycles. The smallest absolute Gasteiger partial charge is 0.214 e. The molecule has 1 saturated heterocycles. The lowest BCUT2D eigenvalue weighted by atomic mass is 10.1. The van der Waals surface area contributed by atoms with Gasteiger partial charge in [-0.3, -0.25) is 0 Å². The molecule has 7 heteroatoms. The van der Waals surface area contributed by atoms with Crippen LogP contribution in [0.15, 0.2) is 22.8 Å². The van der Waals surface area contributed by atoms with Gasteiger partial charge in [-0.25, -0.2) is 18.1 Å². The van der Waals surface area contributed by atoms with Crippen LogP contribution in [-0.2, 0) is 10.0 Å². The molecule has 0 radical (unpaired) electrons. The average molecular weight is 360 g/mol. The summed E-state index contributed by atoms with van der Waals surface area (Å²) in [7, 11) is -3.06. The van der Waals surface area contributed by atoms with E-state index in [1.807, 2.05) is 12.1 Å². The minimum absolute atomic E-state index is 0.0762. The SMILES string of the molecule is O=S(=O)(NC1CCN(c2ccc(Br)cn2)CC1)C1CC1. The minimum Gasteiger partial charge on any atom is -0.357 e. The maximum atomic E-state index is 11.9. The van der Waals surface area contributed by atoms with Crippen molar-refractivity contribution in [3.05, 3.63) is 22.8 Å². The topological polar surface area (TPSA) is 62.3 Å². The van der Waals surface area contributed by atoms with E-state index in [0.29, 0.717) is 0 Å². The molecule has 1 aromatic rings. The van der Waals surface area contributed by atoms with Gasteiger partial charge in [0, 0.05) is 29.8 Å². The molecule has 1 aromatic heterocycles. The number of piperidine rings is 1. The summed E-state index contributed by atoms with van der Waals surface area (Å²) in [6.45, 7) is 1.68. The van der Waals surface area contributed by atoms with Gasteiger partial charge in [0.1, 0.15) is 5.82 Å². The van der Waals surface area contributed by atoms with Crippen molar-refractivity contribution >= 4 is 31.8 Å². The summed E-state index contributed by atoms with van der Waals surface area (Å²) in [5, 5.41) is -0.131. The van der Waals surface area contributed by atoms with E-state index in [1.54, 1.807) is 6.20 Å². The maximum Gasteiger partial charge on any atom is 0.214 e. The second kappa shape index (κ2) is 5.61. The number of nitrogens with one attached hydrogen (secondary N) is 1. The normalized spacial score (nSPS) is 21.1. The highest BCUT2D eigenvalue weighted by Gasteiger charge is 2.37. The Morgan fingerprint density at radius 3 is 2.45 bits per heavy atom. The molecular formula is C13H18BrN3O2S. The largest absolute Gasteiger partial charge is 0.357 e. The van der Waals surface area contributed by atoms with Crippen LogP contribution in [0, 0.1) is 0 Å². The fourth-order valence-corrected chi connectivity index (χ4v) is 4.37. The fraction of sp³-hybridized carbons (Fsp3) is 0.615. The van der Waals surface area contributed by atoms with E-state index in [9.17, 15) is 8.42 Å². The zero-order valence-corrected chi connectivity index (χ0v) is 13.5. The molecule has 0 amide bonds. The second-order valence-corrected chi connectivity index (χ2v) is 8.37. The van der Waals surface area contributed by atoms with E-state index in [-0.39, 0.29) is 11.3 Å². The van der Waals surface area contributed by atoms with Crippen molar-refractivity contribution in [3.63, 3.8) is 0 Å². The highest BCUT2D eigenvalue weighted by Crippen LogP contribution is 2.28. The third-order valence-electron chi connectivity index (χ3n) is 3.82. The van der Waals surface area contributed by atoms with Gasteiger partial charge in [-0.15, -0.1) is 0 Å². The van der Waals surface area contributed by atoms with Crippen LogP contribution in [0.3, 0.4) is 0 Å². The Labute approximate surface area is 127 Å². The first-order valence-corrected chi connectivity index (χ1v) is 9.26. The Kier molecular flexibility index (Phi) is 4.01. The summed E-state index contributed by atoms with van der Waals surface area (Å²) in [5.41, 5.74) is 0. The van der Waals surface area contributed by atoms with Crippen molar-refractivity contribution in [2.75, 3.05) is 18.0 Å². The van der Waals surface area contributed by atoms with E-state index in [0.717, 1.165) is 49.1 Å². The number of rotatable bonds is 4. The zero-order valence-electron chi connectivity index (χ0n) is 11.1. The summed E-state index contributed by atoms with van der Waals surface area (Å²) < 4.78 is 27.6. The van der Waals surface area contributed by atoms with Gasteiger partial charge in [0.05, 0.1) is 5.25 Å². The molecular weight excluding hydrogens is 342 g/mol. The number of pyridine rings is 1. The molecule has 2 fully saturated rings. The molecule has 0 spiro atoms. The van der Waals surface area contributed by atoms with Crippen LogP contribution in [-0.4, -0.2) is 37.8 Å². The minimum atomic E-state index is -3.06. The quantitative estimate of drug-likeness (QED) is 0.891. The molecule has 20 heavy (non-hydrogen) atoms. The van der Waals surface area contributed by atoms with E-state index in [4.69, 9.17) is 0 Å². The van der Waals surface area contributed by atoms with Gasteiger partial charge < -0.3 is 4.90 Å². The molecule has 5 nitrogen and oxygen atoms in total. The summed E-state index contributed by atoms with van der Waals surface area (Å²) in [5.74, 6) is 0.955. The van der Waals surface area contributed by atoms with Crippen LogP contribution < -0.4 is 9.62 Å². The number of nitrogens with zero attached hydrogens (tertiary/aromatic N) is 2. The first-order valence-electron chi connectivity index (χ1n) is 6.92. The van der Waals surface area contributed by atoms with Crippen LogP contribution >= 0.6 is 15.9 Å². The molecule has 2 aliphatic rings. The van der Waals surface area contributed by atoms with Crippen molar-refractivity contribution in [2.24, 2.45) is 0 Å². The molecule has 1 aliphatic heterocycles. The van der Waals surface area contributed by atoms with Crippen LogP contribution in [0.1, 0.15) is 25.7 Å². The Hall–Kier alpha value is -0.660. The predicted octanol–water partition coefficient (Wildman–Crippen LogP) is 1.89. The van der Waals surface area contributed by atoms with Gasteiger partial charge in [0.25, 0.3) is 0 Å². The number of sulfonamides is 1. The molecule has 2 heterocycles. The van der Waals surface area contributed by atoms with Crippen molar-refractivity contribution in [1.29, 1.82) is 0 Å². The summed E-state index contributed by atoms with van der Waals surface area (Å²) >= 11 is 3.37. The van der Waals surface area contributed by atoms with Crippen molar-refractivity contribution in [2.45, 2.75) is 37.0 Å². The van der Waals surface area contributed by atoms with Gasteiger partial charge >= 0.3 is 0 Å². The van der Waals surface area contributed by atoms with Gasteiger partial charge in [0.2, 0.25) is 10.0 Å². The van der Waals surface area contributed by atoms with Crippen molar-refractivity contribution < 1.29 is 8.42 Å². The Balaban J connectivity index is 1.55. The maximum absolute atomic E-state index is 11.9. The number of halogens is 1. The van der Waals surface area contributed by atoms with E-state index >= 15 is 0 Å². The number of hydrogen-bond donors (Lipinski definition) is 1. The zero-order chi connectivity index (χ0) is 14.2. The van der Waals surface area contributed by atoms with Crippen LogP contribution in [0.5, 0.6) is 0 Å². The standard InChI is InChI=1S/C13H18BrN3O2S/c14-10-1-4-13(15-9-10)17-7-5-11(6-8-17)16-20(18,19)12-2-3-12/h1,4,9,11-12,16H,2-3,5-8H2. The van der Waals surface area contributed by atoms with Crippen molar-refractivity contribution in [3.8, 4) is 0 Å². The lowest BCUT2D eigenvalue weighted by Crippen LogP contribution is -2.45. The Morgan fingerprint density at radius 2 is 1.90 bits per heavy atom. The van der Waals surface area contributed by atoms with E-state index < -0.39 is 10.0 Å². The molecule has 110 valence electrons. The first kappa shape index (κ1) is 14.3. The monoisotopic (exact) mass is 359 g/mol. The lowest BCUT2D eigenvalue weighted by Gasteiger charge is -2.33. The molecule has 0 atom stereocenters. The van der Waals surface area contributed by atoms with Crippen LogP contribution in [0.25, 0.3) is 0 Å². The lowest BCUT2D eigenvalue weighted by molar-refractivity contribution is 0.458. The van der Waals surface area contributed by atoms with E-state index in [1.165, 1.54) is 0 Å². The summed E-state index contributed by atoms with van der Waals surface area (Å²) in [6.07, 6.45) is 5.10. The van der Waals surface area contributed by atoms with E-state index in [2.05, 4.69) is 30.5 Å². The van der Waals surface area contributed by atoms with Gasteiger partial charge in [0.15, 0.2) is 0 Å². The number of anilines is 1. The fourth-order valence-electron chi connectivity index (χ4n) is 2.49. The Morgan fingerprint density at radius 1 is 1.20 bits per heavy atom. The van der Waals surface area contributed by atoms with Crippen molar-refractivity contribution in [1.82, 2.24) is 9.71 Å². The highest BCUT2D eigenvalue weighted by atomic mass is 79.9. The molecule has 1 aliphatic carbocycles. The van der Waals surface area contributed by atoms with Gasteiger partial charge in [-0.2, -0.15) is 0 Å². The summed E-state index contributed by atoms with van der Waals surface area (Å²) in [6, 6.07) is 4.04. The summed E-state index contributed by atoms with van der Waals surface area (Å²) in [4.78, 5) is 6.58. The highest BCUT2D eigenvalue weighted by molar-refractivity contribution is 9.10. The second-order valence-electron chi connectivity index (χ2n) is 5.46. The van der Waals surface area contributed by atoms with Gasteiger partial charge in [-0.05, 0) is 53.7 Å². The van der Waals surface area contributed by atoms with Crippen LogP contribution in [0.4, 0.5) is 5.82 Å². The molecule has 0 bridgehead atoms. The number of aromatic nitrogens is 1. The molecule has 0 unspecified atom stereocenters.